The van der Waals surface area contributed by atoms with E-state index in [1.165, 1.54) is 0 Å². The summed E-state index contributed by atoms with van der Waals surface area (Å²) < 4.78 is 5.58. The summed E-state index contributed by atoms with van der Waals surface area (Å²) in [5.41, 5.74) is 1.06. The molecule has 0 aliphatic carbocycles. The van der Waals surface area contributed by atoms with Crippen molar-refractivity contribution in [1.82, 2.24) is 0 Å². The lowest BCUT2D eigenvalue weighted by Crippen LogP contribution is -1.95. The largest absolute Gasteiger partial charge is 0.373 e. The van der Waals surface area contributed by atoms with E-state index in [4.69, 9.17) is 4.74 Å². The van der Waals surface area contributed by atoms with Crippen LogP contribution in [0.25, 0.3) is 0 Å². The van der Waals surface area contributed by atoms with Crippen molar-refractivity contribution in [3.05, 3.63) is 38.3 Å². The minimum Gasteiger partial charge on any atom is -0.373 e. The van der Waals surface area contributed by atoms with Crippen LogP contribution in [0, 0.1) is 10.1 Å². The Morgan fingerprint density at radius 3 is 2.93 bits per heavy atom. The zero-order valence-electron chi connectivity index (χ0n) is 7.27. The number of halogens is 1. The molecular weight excluding hydrogens is 250 g/mol. The molecule has 74 valence electrons. The van der Waals surface area contributed by atoms with E-state index < -0.39 is 0 Å². The summed E-state index contributed by atoms with van der Waals surface area (Å²) in [6.07, 6.45) is 1.02. The predicted octanol–water partition coefficient (Wildman–Crippen LogP) is 2.30. The quantitative estimate of drug-likeness (QED) is 0.475. The van der Waals surface area contributed by atoms with Gasteiger partial charge in [-0.15, -0.1) is 0 Å². The van der Waals surface area contributed by atoms with Crippen LogP contribution in [0.5, 0.6) is 0 Å². The molecule has 0 radical (unpaired) electrons. The van der Waals surface area contributed by atoms with E-state index in [1.807, 2.05) is 6.07 Å². The van der Waals surface area contributed by atoms with Gasteiger partial charge in [0.1, 0.15) is 0 Å². The van der Waals surface area contributed by atoms with Crippen LogP contribution in [0.3, 0.4) is 0 Å². The maximum atomic E-state index is 10.6. The Bertz CT molecular complexity index is 376. The van der Waals surface area contributed by atoms with Crippen LogP contribution in [-0.2, 0) is 11.2 Å². The van der Waals surface area contributed by atoms with E-state index >= 15 is 0 Å². The molecule has 2 rings (SSSR count). The highest BCUT2D eigenvalue weighted by Crippen LogP contribution is 2.27. The predicted molar refractivity (Wildman–Crippen MR) is 54.2 cm³/mol. The summed E-state index contributed by atoms with van der Waals surface area (Å²) in [4.78, 5) is 10.2. The lowest BCUT2D eigenvalue weighted by atomic mass is 10.1. The average Bonchev–Trinajstić information content (AvgIpc) is 2.92. The average molecular weight is 258 g/mol. The molecule has 0 spiro atoms. The van der Waals surface area contributed by atoms with Gasteiger partial charge in [-0.05, 0) is 27.6 Å². The molecule has 0 saturated carbocycles. The Balaban J connectivity index is 2.24. The second-order valence-corrected chi connectivity index (χ2v) is 4.06. The van der Waals surface area contributed by atoms with Crippen molar-refractivity contribution in [3.8, 4) is 0 Å². The van der Waals surface area contributed by atoms with E-state index in [9.17, 15) is 10.1 Å². The van der Waals surface area contributed by atoms with Gasteiger partial charge < -0.3 is 4.74 Å². The standard InChI is InChI=1S/C9H8BrNO3/c10-8-2-1-6(3-7-5-14-7)4-9(8)11(12)13/h1-2,4,7H,3,5H2. The molecule has 5 heteroatoms. The van der Waals surface area contributed by atoms with Crippen LogP contribution in [0.2, 0.25) is 0 Å². The second-order valence-electron chi connectivity index (χ2n) is 3.20. The normalized spacial score (nSPS) is 19.4. The van der Waals surface area contributed by atoms with Crippen LogP contribution >= 0.6 is 15.9 Å². The fourth-order valence-corrected chi connectivity index (χ4v) is 1.67. The van der Waals surface area contributed by atoms with Crippen LogP contribution in [0.1, 0.15) is 5.56 Å². The Morgan fingerprint density at radius 2 is 2.36 bits per heavy atom. The van der Waals surface area contributed by atoms with Gasteiger partial charge in [-0.1, -0.05) is 6.07 Å². The fourth-order valence-electron chi connectivity index (χ4n) is 1.27. The fraction of sp³-hybridized carbons (Fsp3) is 0.333. The molecule has 1 heterocycles. The highest BCUT2D eigenvalue weighted by atomic mass is 79.9. The molecule has 0 bridgehead atoms. The Kier molecular flexibility index (Phi) is 2.52. The maximum absolute atomic E-state index is 10.6. The molecule has 1 fully saturated rings. The van der Waals surface area contributed by atoms with Gasteiger partial charge in [-0.2, -0.15) is 0 Å². The lowest BCUT2D eigenvalue weighted by Gasteiger charge is -1.99. The molecule has 0 amide bonds. The number of ether oxygens (including phenoxy) is 1. The molecule has 1 aliphatic rings. The molecule has 4 nitrogen and oxygen atoms in total. The van der Waals surface area contributed by atoms with Crippen molar-refractivity contribution in [2.75, 3.05) is 6.61 Å². The van der Waals surface area contributed by atoms with Gasteiger partial charge in [0.05, 0.1) is 22.1 Å². The van der Waals surface area contributed by atoms with Crippen molar-refractivity contribution < 1.29 is 9.66 Å². The van der Waals surface area contributed by atoms with Crippen LogP contribution in [-0.4, -0.2) is 17.6 Å². The monoisotopic (exact) mass is 257 g/mol. The van der Waals surface area contributed by atoms with E-state index in [0.29, 0.717) is 4.47 Å². The zero-order valence-corrected chi connectivity index (χ0v) is 8.86. The molecule has 0 aromatic heterocycles. The molecule has 1 atom stereocenters. The first-order valence-corrected chi connectivity index (χ1v) is 5.00. The molecule has 14 heavy (non-hydrogen) atoms. The first-order valence-electron chi connectivity index (χ1n) is 4.21. The van der Waals surface area contributed by atoms with E-state index in [-0.39, 0.29) is 16.7 Å². The lowest BCUT2D eigenvalue weighted by molar-refractivity contribution is -0.385. The third-order valence-electron chi connectivity index (χ3n) is 2.07. The van der Waals surface area contributed by atoms with Crippen molar-refractivity contribution in [2.24, 2.45) is 0 Å². The van der Waals surface area contributed by atoms with Crippen molar-refractivity contribution >= 4 is 21.6 Å². The van der Waals surface area contributed by atoms with Gasteiger partial charge in [0, 0.05) is 12.5 Å². The number of epoxide rings is 1. The third-order valence-corrected chi connectivity index (χ3v) is 2.74. The number of benzene rings is 1. The summed E-state index contributed by atoms with van der Waals surface area (Å²) in [5, 5.41) is 10.6. The number of nitro groups is 1. The minimum atomic E-state index is -0.388. The molecule has 0 N–H and O–H groups in total. The summed E-state index contributed by atoms with van der Waals surface area (Å²) >= 11 is 3.14. The van der Waals surface area contributed by atoms with Gasteiger partial charge in [-0.3, -0.25) is 10.1 Å². The van der Waals surface area contributed by atoms with Gasteiger partial charge >= 0.3 is 0 Å². The topological polar surface area (TPSA) is 55.7 Å². The maximum Gasteiger partial charge on any atom is 0.283 e. The molecular formula is C9H8BrNO3. The Morgan fingerprint density at radius 1 is 1.64 bits per heavy atom. The Labute approximate surface area is 89.2 Å². The molecule has 1 aromatic rings. The first-order chi connectivity index (χ1) is 6.66. The molecule has 1 aromatic carbocycles. The second kappa shape index (κ2) is 3.67. The number of hydrogen-bond donors (Lipinski definition) is 0. The van der Waals surface area contributed by atoms with E-state index in [2.05, 4.69) is 15.9 Å². The van der Waals surface area contributed by atoms with Gasteiger partial charge in [0.25, 0.3) is 5.69 Å². The van der Waals surface area contributed by atoms with E-state index in [1.54, 1.807) is 12.1 Å². The zero-order chi connectivity index (χ0) is 10.1. The van der Waals surface area contributed by atoms with Gasteiger partial charge in [0.15, 0.2) is 0 Å². The molecule has 1 unspecified atom stereocenters. The van der Waals surface area contributed by atoms with Crippen LogP contribution < -0.4 is 0 Å². The highest BCUT2D eigenvalue weighted by molar-refractivity contribution is 9.10. The van der Waals surface area contributed by atoms with Crippen molar-refractivity contribution in [2.45, 2.75) is 12.5 Å². The van der Waals surface area contributed by atoms with Crippen molar-refractivity contribution in [1.29, 1.82) is 0 Å². The number of nitro benzene ring substituents is 1. The summed E-state index contributed by atoms with van der Waals surface area (Å²) in [5.74, 6) is 0. The number of rotatable bonds is 3. The third kappa shape index (κ3) is 2.10. The highest BCUT2D eigenvalue weighted by Gasteiger charge is 2.23. The SMILES string of the molecule is O=[N+]([O-])c1cc(CC2CO2)ccc1Br. The number of nitrogens with zero attached hydrogens (tertiary/aromatic N) is 1. The Hall–Kier alpha value is -0.940. The van der Waals surface area contributed by atoms with Gasteiger partial charge in [0.2, 0.25) is 0 Å². The smallest absolute Gasteiger partial charge is 0.283 e. The summed E-state index contributed by atoms with van der Waals surface area (Å²) in [6, 6.07) is 5.17. The minimum absolute atomic E-state index is 0.114. The van der Waals surface area contributed by atoms with E-state index in [0.717, 1.165) is 18.6 Å². The number of hydrogen-bond acceptors (Lipinski definition) is 3. The van der Waals surface area contributed by atoms with Crippen LogP contribution in [0.15, 0.2) is 22.7 Å². The molecule has 1 saturated heterocycles. The summed E-state index contributed by atoms with van der Waals surface area (Å²) in [6.45, 7) is 0.768. The van der Waals surface area contributed by atoms with Gasteiger partial charge in [-0.25, -0.2) is 0 Å². The first kappa shape index (κ1) is 9.61. The molecule has 1 aliphatic heterocycles. The summed E-state index contributed by atoms with van der Waals surface area (Å²) in [7, 11) is 0. The van der Waals surface area contributed by atoms with Crippen molar-refractivity contribution in [3.63, 3.8) is 0 Å². The van der Waals surface area contributed by atoms with Crippen LogP contribution in [0.4, 0.5) is 5.69 Å².